The van der Waals surface area contributed by atoms with Crippen LogP contribution in [-0.2, 0) is 10.3 Å². The number of amides is 1. The number of carbonyl (C=O) groups is 1. The maximum atomic E-state index is 13.5. The number of benzene rings is 1. The van der Waals surface area contributed by atoms with E-state index < -0.39 is 5.54 Å². The summed E-state index contributed by atoms with van der Waals surface area (Å²) >= 11 is 0. The Kier molecular flexibility index (Phi) is 5.16. The van der Waals surface area contributed by atoms with Crippen LogP contribution in [0.25, 0.3) is 0 Å². The van der Waals surface area contributed by atoms with Gasteiger partial charge in [0, 0.05) is 38.3 Å². The molecule has 2 aliphatic rings. The predicted octanol–water partition coefficient (Wildman–Crippen LogP) is 2.34. The number of aromatic nitrogens is 2. The summed E-state index contributed by atoms with van der Waals surface area (Å²) in [6.45, 7) is 5.25. The van der Waals surface area contributed by atoms with Gasteiger partial charge >= 0.3 is 0 Å². The van der Waals surface area contributed by atoms with Crippen LogP contribution in [-0.4, -0.2) is 52.9 Å². The van der Waals surface area contributed by atoms with Crippen LogP contribution in [0.3, 0.4) is 0 Å². The van der Waals surface area contributed by atoms with E-state index >= 15 is 0 Å². The van der Waals surface area contributed by atoms with Crippen LogP contribution >= 0.6 is 0 Å². The van der Waals surface area contributed by atoms with Crippen molar-refractivity contribution in [2.75, 3.05) is 26.2 Å². The number of hydrogen-bond acceptors (Lipinski definition) is 4. The Bertz CT molecular complexity index is 743. The molecular weight excluding hydrogens is 340 g/mol. The van der Waals surface area contributed by atoms with Crippen molar-refractivity contribution < 1.29 is 9.53 Å². The summed E-state index contributed by atoms with van der Waals surface area (Å²) in [5.41, 5.74) is 0.688. The maximum Gasteiger partial charge on any atom is 0.250 e. The molecule has 0 radical (unpaired) electrons. The second-order valence-corrected chi connectivity index (χ2v) is 7.65. The van der Waals surface area contributed by atoms with Crippen molar-refractivity contribution in [1.82, 2.24) is 20.0 Å². The summed E-state index contributed by atoms with van der Waals surface area (Å²) in [4.78, 5) is 15.5. The maximum absolute atomic E-state index is 13.5. The van der Waals surface area contributed by atoms with Gasteiger partial charge in [-0.25, -0.2) is 0 Å². The first-order chi connectivity index (χ1) is 13.2. The van der Waals surface area contributed by atoms with E-state index in [1.807, 2.05) is 34.0 Å². The summed E-state index contributed by atoms with van der Waals surface area (Å²) in [5.74, 6) is 1.12. The Morgan fingerprint density at radius 2 is 1.89 bits per heavy atom. The number of aryl methyl sites for hydroxylation is 1. The molecule has 6 nitrogen and oxygen atoms in total. The molecule has 0 bridgehead atoms. The van der Waals surface area contributed by atoms with Crippen LogP contribution < -0.4 is 10.1 Å². The van der Waals surface area contributed by atoms with Crippen LogP contribution in [0.2, 0.25) is 0 Å². The summed E-state index contributed by atoms with van der Waals surface area (Å²) in [6, 6.07) is 10.1. The van der Waals surface area contributed by atoms with E-state index in [2.05, 4.69) is 29.5 Å². The van der Waals surface area contributed by atoms with Gasteiger partial charge in [0.25, 0.3) is 5.91 Å². The average Bonchev–Trinajstić information content (AvgIpc) is 3.26. The van der Waals surface area contributed by atoms with Gasteiger partial charge in [0.1, 0.15) is 17.4 Å². The van der Waals surface area contributed by atoms with E-state index in [4.69, 9.17) is 4.74 Å². The molecule has 0 aliphatic carbocycles. The fourth-order valence-corrected chi connectivity index (χ4v) is 4.18. The van der Waals surface area contributed by atoms with Crippen molar-refractivity contribution in [3.8, 4) is 5.75 Å². The van der Waals surface area contributed by atoms with Crippen LogP contribution in [0.4, 0.5) is 0 Å². The molecule has 0 atom stereocenters. The van der Waals surface area contributed by atoms with Crippen LogP contribution in [0.1, 0.15) is 31.2 Å². The second kappa shape index (κ2) is 7.72. The number of nitrogens with zero attached hydrogens (tertiary/aromatic N) is 3. The minimum atomic E-state index is -0.542. The number of nitrogens with one attached hydrogen (secondary N) is 1. The quantitative estimate of drug-likeness (QED) is 0.900. The third-order valence-electron chi connectivity index (χ3n) is 5.82. The molecule has 1 N–H and O–H groups in total. The lowest BCUT2D eigenvalue weighted by molar-refractivity contribution is -0.145. The molecular formula is C21H28N4O2. The number of ether oxygens (including phenoxy) is 1. The molecule has 6 heteroatoms. The molecule has 2 fully saturated rings. The van der Waals surface area contributed by atoms with Crippen molar-refractivity contribution in [3.05, 3.63) is 48.3 Å². The van der Waals surface area contributed by atoms with Gasteiger partial charge in [-0.05, 0) is 51.1 Å². The molecule has 0 unspecified atom stereocenters. The zero-order valence-corrected chi connectivity index (χ0v) is 15.9. The van der Waals surface area contributed by atoms with Gasteiger partial charge in [0.05, 0.1) is 0 Å². The predicted molar refractivity (Wildman–Crippen MR) is 104 cm³/mol. The SMILES string of the molecule is Cc1ccc(OC2CCN(C(=O)C3(n4cccn4)CCNCC3)CC2)cc1. The van der Waals surface area contributed by atoms with Gasteiger partial charge < -0.3 is 15.0 Å². The molecule has 4 rings (SSSR count). The molecule has 1 amide bonds. The van der Waals surface area contributed by atoms with E-state index in [9.17, 15) is 4.79 Å². The van der Waals surface area contributed by atoms with Gasteiger partial charge in [-0.15, -0.1) is 0 Å². The fourth-order valence-electron chi connectivity index (χ4n) is 4.18. The molecule has 2 aromatic rings. The molecule has 1 aromatic heterocycles. The Balaban J connectivity index is 1.40. The van der Waals surface area contributed by atoms with Crippen LogP contribution in [0, 0.1) is 6.92 Å². The van der Waals surface area contributed by atoms with Gasteiger partial charge in [0.15, 0.2) is 0 Å². The van der Waals surface area contributed by atoms with Crippen molar-refractivity contribution in [1.29, 1.82) is 0 Å². The van der Waals surface area contributed by atoms with Crippen LogP contribution in [0.5, 0.6) is 5.75 Å². The Morgan fingerprint density at radius 3 is 2.52 bits per heavy atom. The first-order valence-electron chi connectivity index (χ1n) is 9.91. The fraction of sp³-hybridized carbons (Fsp3) is 0.524. The topological polar surface area (TPSA) is 59.4 Å². The highest BCUT2D eigenvalue weighted by Crippen LogP contribution is 2.31. The highest BCUT2D eigenvalue weighted by atomic mass is 16.5. The Hall–Kier alpha value is -2.34. The van der Waals surface area contributed by atoms with Crippen molar-refractivity contribution in [2.24, 2.45) is 0 Å². The lowest BCUT2D eigenvalue weighted by atomic mass is 9.86. The minimum Gasteiger partial charge on any atom is -0.490 e. The van der Waals surface area contributed by atoms with E-state index in [1.165, 1.54) is 5.56 Å². The van der Waals surface area contributed by atoms with Crippen molar-refractivity contribution in [2.45, 2.75) is 44.2 Å². The van der Waals surface area contributed by atoms with Gasteiger partial charge in [-0.3, -0.25) is 9.48 Å². The molecule has 0 spiro atoms. The zero-order valence-electron chi connectivity index (χ0n) is 15.9. The normalized spacial score (nSPS) is 20.4. The third-order valence-corrected chi connectivity index (χ3v) is 5.82. The summed E-state index contributed by atoms with van der Waals surface area (Å²) in [7, 11) is 0. The number of rotatable bonds is 4. The average molecular weight is 368 g/mol. The zero-order chi connectivity index (χ0) is 18.7. The number of likely N-dealkylation sites (tertiary alicyclic amines) is 1. The monoisotopic (exact) mass is 368 g/mol. The van der Waals surface area contributed by atoms with Crippen molar-refractivity contribution >= 4 is 5.91 Å². The Morgan fingerprint density at radius 1 is 1.19 bits per heavy atom. The van der Waals surface area contributed by atoms with E-state index in [-0.39, 0.29) is 12.0 Å². The molecule has 2 saturated heterocycles. The van der Waals surface area contributed by atoms with Crippen LogP contribution in [0.15, 0.2) is 42.7 Å². The van der Waals surface area contributed by atoms with E-state index in [1.54, 1.807) is 6.20 Å². The second-order valence-electron chi connectivity index (χ2n) is 7.65. The number of piperidine rings is 2. The number of hydrogen-bond donors (Lipinski definition) is 1. The molecule has 1 aromatic carbocycles. The minimum absolute atomic E-state index is 0.172. The standard InChI is InChI=1S/C21H28N4O2/c1-17-3-5-18(6-4-17)27-19-7-15-24(16-8-19)20(26)21(9-12-22-13-10-21)25-14-2-11-23-25/h2-6,11,14,19,22H,7-10,12-13,15-16H2,1H3. The molecule has 0 saturated carbocycles. The summed E-state index contributed by atoms with van der Waals surface area (Å²) < 4.78 is 8.00. The molecule has 144 valence electrons. The first kappa shape index (κ1) is 18.0. The lowest BCUT2D eigenvalue weighted by Crippen LogP contribution is -2.57. The van der Waals surface area contributed by atoms with Gasteiger partial charge in [0.2, 0.25) is 0 Å². The third kappa shape index (κ3) is 3.72. The smallest absolute Gasteiger partial charge is 0.250 e. The van der Waals surface area contributed by atoms with Gasteiger partial charge in [-0.2, -0.15) is 5.10 Å². The van der Waals surface area contributed by atoms with E-state index in [0.29, 0.717) is 0 Å². The highest BCUT2D eigenvalue weighted by Gasteiger charge is 2.45. The highest BCUT2D eigenvalue weighted by molar-refractivity contribution is 5.84. The summed E-state index contributed by atoms with van der Waals surface area (Å²) in [6.07, 6.45) is 7.17. The first-order valence-corrected chi connectivity index (χ1v) is 9.91. The van der Waals surface area contributed by atoms with E-state index in [0.717, 1.165) is 57.6 Å². The Labute approximate surface area is 160 Å². The van der Waals surface area contributed by atoms with Gasteiger partial charge in [-0.1, -0.05) is 17.7 Å². The molecule has 2 aliphatic heterocycles. The van der Waals surface area contributed by atoms with Crippen molar-refractivity contribution in [3.63, 3.8) is 0 Å². The lowest BCUT2D eigenvalue weighted by Gasteiger charge is -2.42. The number of carbonyl (C=O) groups excluding carboxylic acids is 1. The molecule has 27 heavy (non-hydrogen) atoms. The summed E-state index contributed by atoms with van der Waals surface area (Å²) in [5, 5.41) is 7.79. The largest absolute Gasteiger partial charge is 0.490 e. The molecule has 3 heterocycles.